The number of nitro groups is 1. The number of hydrogen-bond donors (Lipinski definition) is 0. The van der Waals surface area contributed by atoms with E-state index in [0.29, 0.717) is 0 Å². The number of hydrazone groups is 1. The third-order valence-corrected chi connectivity index (χ3v) is 9.07. The Morgan fingerprint density at radius 2 is 1.61 bits per heavy atom. The molecular formula is C34H31N7O5. The molecule has 232 valence electrons. The molecule has 3 amide bonds. The van der Waals surface area contributed by atoms with E-state index in [9.17, 15) is 24.5 Å². The van der Waals surface area contributed by atoms with Crippen molar-refractivity contribution in [3.05, 3.63) is 111 Å². The highest BCUT2D eigenvalue weighted by Gasteiger charge is 2.55. The first-order valence-corrected chi connectivity index (χ1v) is 15.2. The molecule has 0 radical (unpaired) electrons. The first-order valence-electron chi connectivity index (χ1n) is 15.2. The predicted molar refractivity (Wildman–Crippen MR) is 169 cm³/mol. The molecule has 3 aliphatic heterocycles. The van der Waals surface area contributed by atoms with Crippen LogP contribution in [0.3, 0.4) is 0 Å². The topological polar surface area (TPSA) is 141 Å². The molecule has 3 aromatic rings. The van der Waals surface area contributed by atoms with Crippen molar-refractivity contribution < 1.29 is 19.3 Å². The number of imide groups is 1. The zero-order valence-electron chi connectivity index (χ0n) is 25.3. The zero-order chi connectivity index (χ0) is 32.1. The number of benzene rings is 3. The Morgan fingerprint density at radius 1 is 0.935 bits per heavy atom. The summed E-state index contributed by atoms with van der Waals surface area (Å²) in [4.78, 5) is 52.3. The van der Waals surface area contributed by atoms with Gasteiger partial charge in [0.1, 0.15) is 6.54 Å². The van der Waals surface area contributed by atoms with Crippen molar-refractivity contribution in [2.45, 2.75) is 51.2 Å². The molecule has 0 aromatic heterocycles. The summed E-state index contributed by atoms with van der Waals surface area (Å²) in [6, 6.07) is 19.0. The number of carbonyl (C=O) groups is 3. The summed E-state index contributed by atoms with van der Waals surface area (Å²) >= 11 is 0. The smallest absolute Gasteiger partial charge is 0.269 e. The van der Waals surface area contributed by atoms with Crippen LogP contribution in [0.2, 0.25) is 0 Å². The minimum atomic E-state index is -1.11. The van der Waals surface area contributed by atoms with Gasteiger partial charge in [-0.25, -0.2) is 9.91 Å². The molecule has 12 heteroatoms. The third-order valence-electron chi connectivity index (χ3n) is 9.07. The molecule has 1 aliphatic carbocycles. The van der Waals surface area contributed by atoms with Crippen LogP contribution in [-0.4, -0.2) is 57.0 Å². The fourth-order valence-electron chi connectivity index (χ4n) is 6.71. The molecule has 2 fully saturated rings. The van der Waals surface area contributed by atoms with E-state index in [1.54, 1.807) is 0 Å². The highest BCUT2D eigenvalue weighted by atomic mass is 16.6. The molecule has 3 aromatic carbocycles. The molecule has 1 saturated carbocycles. The van der Waals surface area contributed by atoms with Gasteiger partial charge in [-0.05, 0) is 68.0 Å². The molecule has 4 aliphatic rings. The fraction of sp³-hybridized carbons (Fsp3) is 0.294. The number of amides is 3. The van der Waals surface area contributed by atoms with Crippen molar-refractivity contribution in [3.8, 4) is 0 Å². The van der Waals surface area contributed by atoms with Crippen LogP contribution in [0.4, 0.5) is 11.4 Å². The summed E-state index contributed by atoms with van der Waals surface area (Å²) in [5.74, 6) is -1.56. The normalized spacial score (nSPS) is 24.4. The van der Waals surface area contributed by atoms with E-state index in [4.69, 9.17) is 5.10 Å². The number of allylic oxidation sites excluding steroid dienone is 1. The quantitative estimate of drug-likeness (QED) is 0.208. The van der Waals surface area contributed by atoms with Crippen molar-refractivity contribution >= 4 is 40.9 Å². The van der Waals surface area contributed by atoms with Crippen LogP contribution in [0.5, 0.6) is 0 Å². The van der Waals surface area contributed by atoms with E-state index < -0.39 is 28.8 Å². The number of anilines is 1. The maximum atomic E-state index is 14.1. The Morgan fingerprint density at radius 3 is 2.28 bits per heavy atom. The maximum Gasteiger partial charge on any atom is 0.269 e. The van der Waals surface area contributed by atoms with Crippen LogP contribution in [0.1, 0.15) is 47.6 Å². The number of nitrogens with zero attached hydrogens (tertiary/aromatic N) is 7. The van der Waals surface area contributed by atoms with E-state index in [2.05, 4.69) is 47.6 Å². The van der Waals surface area contributed by atoms with Crippen LogP contribution in [0.15, 0.2) is 93.8 Å². The van der Waals surface area contributed by atoms with Crippen molar-refractivity contribution in [2.75, 3.05) is 11.4 Å². The standard InChI is InChI=1S/C34H31N7O5/c1-20-6-10-22(11-7-20)18-24-4-3-5-27-29(24)36-40(31(27)23-12-8-21(2)9-13-23)28(42)19-38-32-30(35-37-38)33(43)39(34(32)44)25-14-16-26(17-15-25)41(45)46/h6-18,27,30-32H,3-5,19H2,1-2H3/b24-18-/t27-,30+,31-,32+/m1/s1. The van der Waals surface area contributed by atoms with Crippen molar-refractivity contribution in [1.82, 2.24) is 10.0 Å². The second kappa shape index (κ2) is 11.4. The van der Waals surface area contributed by atoms with Crippen LogP contribution in [-0.2, 0) is 14.4 Å². The van der Waals surface area contributed by atoms with Crippen LogP contribution in [0, 0.1) is 29.9 Å². The minimum absolute atomic E-state index is 0.00243. The summed E-state index contributed by atoms with van der Waals surface area (Å²) in [5, 5.41) is 26.9. The second-order valence-electron chi connectivity index (χ2n) is 12.1. The van der Waals surface area contributed by atoms with E-state index in [0.717, 1.165) is 52.1 Å². The molecule has 12 nitrogen and oxygen atoms in total. The van der Waals surface area contributed by atoms with E-state index in [-0.39, 0.29) is 35.8 Å². The largest absolute Gasteiger partial charge is 0.271 e. The van der Waals surface area contributed by atoms with E-state index in [1.165, 1.54) is 39.8 Å². The van der Waals surface area contributed by atoms with Gasteiger partial charge in [-0.15, -0.1) is 0 Å². The Bertz CT molecular complexity index is 1830. The third kappa shape index (κ3) is 5.05. The first-order chi connectivity index (χ1) is 22.2. The SMILES string of the molecule is Cc1ccc(/C=C2/CCC[C@@H]3C2=NN(C(=O)CN2N=N[C@@H]4C(=O)N(c5ccc([N+](=O)[O-])cc5)C(=O)[C@H]42)[C@@H]3c2ccc(C)cc2)cc1. The number of non-ortho nitro benzene ring substituents is 1. The molecular weight excluding hydrogens is 586 g/mol. The van der Waals surface area contributed by atoms with Crippen molar-refractivity contribution in [1.29, 1.82) is 0 Å². The van der Waals surface area contributed by atoms with Gasteiger partial charge in [-0.1, -0.05) is 64.9 Å². The van der Waals surface area contributed by atoms with Gasteiger partial charge in [0.15, 0.2) is 12.1 Å². The lowest BCUT2D eigenvalue weighted by atomic mass is 9.77. The van der Waals surface area contributed by atoms with Gasteiger partial charge in [-0.3, -0.25) is 29.5 Å². The summed E-state index contributed by atoms with van der Waals surface area (Å²) in [6.45, 7) is 3.76. The van der Waals surface area contributed by atoms with Crippen LogP contribution in [0.25, 0.3) is 6.08 Å². The second-order valence-corrected chi connectivity index (χ2v) is 12.1. The molecule has 0 spiro atoms. The van der Waals surface area contributed by atoms with E-state index >= 15 is 0 Å². The van der Waals surface area contributed by atoms with Crippen LogP contribution >= 0.6 is 0 Å². The summed E-state index contributed by atoms with van der Waals surface area (Å²) in [7, 11) is 0. The number of carbonyl (C=O) groups excluding carboxylic acids is 3. The Hall–Kier alpha value is -5.52. The van der Waals surface area contributed by atoms with E-state index in [1.807, 2.05) is 31.2 Å². The maximum absolute atomic E-state index is 14.1. The van der Waals surface area contributed by atoms with Gasteiger partial charge < -0.3 is 0 Å². The van der Waals surface area contributed by atoms with Gasteiger partial charge >= 0.3 is 0 Å². The van der Waals surface area contributed by atoms with Gasteiger partial charge in [-0.2, -0.15) is 10.2 Å². The van der Waals surface area contributed by atoms with Gasteiger partial charge in [0.25, 0.3) is 23.4 Å². The number of nitro benzene ring substituents is 1. The molecule has 0 bridgehead atoms. The fourth-order valence-corrected chi connectivity index (χ4v) is 6.71. The van der Waals surface area contributed by atoms with Crippen molar-refractivity contribution in [2.24, 2.45) is 21.4 Å². The molecule has 4 atom stereocenters. The van der Waals surface area contributed by atoms with Crippen molar-refractivity contribution in [3.63, 3.8) is 0 Å². The molecule has 7 rings (SSSR count). The summed E-state index contributed by atoms with van der Waals surface area (Å²) in [5.41, 5.74) is 6.35. The molecule has 46 heavy (non-hydrogen) atoms. The number of rotatable bonds is 6. The summed E-state index contributed by atoms with van der Waals surface area (Å²) < 4.78 is 0. The highest BCUT2D eigenvalue weighted by Crippen LogP contribution is 2.45. The average Bonchev–Trinajstić information content (AvgIpc) is 3.72. The number of aryl methyl sites for hydroxylation is 2. The molecule has 3 heterocycles. The highest BCUT2D eigenvalue weighted by molar-refractivity contribution is 6.25. The number of hydrogen-bond acceptors (Lipinski definition) is 9. The predicted octanol–water partition coefficient (Wildman–Crippen LogP) is 5.33. The Labute approximate surface area is 264 Å². The lowest BCUT2D eigenvalue weighted by molar-refractivity contribution is -0.384. The Balaban J connectivity index is 1.17. The molecule has 0 N–H and O–H groups in total. The number of fused-ring (bicyclic) bond motifs is 2. The lowest BCUT2D eigenvalue weighted by Crippen LogP contribution is -2.45. The average molecular weight is 618 g/mol. The van der Waals surface area contributed by atoms with Gasteiger partial charge in [0, 0.05) is 18.1 Å². The van der Waals surface area contributed by atoms with Gasteiger partial charge in [0.2, 0.25) is 0 Å². The monoisotopic (exact) mass is 617 g/mol. The summed E-state index contributed by atoms with van der Waals surface area (Å²) in [6.07, 6.45) is 4.84. The minimum Gasteiger partial charge on any atom is -0.271 e. The Kier molecular flexibility index (Phi) is 7.26. The zero-order valence-corrected chi connectivity index (χ0v) is 25.3. The lowest BCUT2D eigenvalue weighted by Gasteiger charge is -2.30. The van der Waals surface area contributed by atoms with Gasteiger partial charge in [0.05, 0.1) is 22.4 Å². The molecule has 1 saturated heterocycles. The molecule has 0 unspecified atom stereocenters. The van der Waals surface area contributed by atoms with Crippen LogP contribution < -0.4 is 4.90 Å². The first kappa shape index (κ1) is 29.2.